The molecular weight excluding hydrogens is 246 g/mol. The van der Waals surface area contributed by atoms with Crippen LogP contribution in [0.1, 0.15) is 24.0 Å². The number of carbonyl (C=O) groups excluding carboxylic acids is 1. The number of hydrogen-bond donors (Lipinski definition) is 0. The van der Waals surface area contributed by atoms with Crippen LogP contribution in [0.2, 0.25) is 0 Å². The predicted octanol–water partition coefficient (Wildman–Crippen LogP) is 1.93. The maximum atomic E-state index is 10.6. The fraction of sp³-hybridized carbons (Fsp3) is 0.500. The second-order valence-corrected chi connectivity index (χ2v) is 4.82. The molecule has 0 saturated heterocycles. The van der Waals surface area contributed by atoms with Crippen LogP contribution in [0, 0.1) is 0 Å². The average molecular weight is 261 g/mol. The highest BCUT2D eigenvalue weighted by Gasteiger charge is 2.46. The second-order valence-electron chi connectivity index (χ2n) is 4.82. The zero-order valence-corrected chi connectivity index (χ0v) is 10.8. The van der Waals surface area contributed by atoms with Gasteiger partial charge in [0.15, 0.2) is 11.5 Å². The third kappa shape index (κ3) is 2.11. The van der Waals surface area contributed by atoms with E-state index in [1.807, 2.05) is 12.1 Å². The number of ether oxygens (including phenoxy) is 3. The van der Waals surface area contributed by atoms with E-state index >= 15 is 0 Å². The van der Waals surface area contributed by atoms with Gasteiger partial charge in [-0.3, -0.25) is 0 Å². The van der Waals surface area contributed by atoms with E-state index in [2.05, 4.69) is 4.99 Å². The van der Waals surface area contributed by atoms with Gasteiger partial charge in [0.2, 0.25) is 6.08 Å². The Labute approximate surface area is 111 Å². The molecule has 19 heavy (non-hydrogen) atoms. The summed E-state index contributed by atoms with van der Waals surface area (Å²) in [6.45, 7) is 1.55. The van der Waals surface area contributed by atoms with Crippen molar-refractivity contribution in [3.8, 4) is 11.5 Å². The topological polar surface area (TPSA) is 57.1 Å². The van der Waals surface area contributed by atoms with Crippen molar-refractivity contribution >= 4 is 6.08 Å². The number of nitrogens with zero attached hydrogens (tertiary/aromatic N) is 1. The van der Waals surface area contributed by atoms with Gasteiger partial charge in [0, 0.05) is 7.11 Å². The summed E-state index contributed by atoms with van der Waals surface area (Å²) in [6, 6.07) is 3.85. The van der Waals surface area contributed by atoms with E-state index < -0.39 is 5.54 Å². The molecule has 0 atom stereocenters. The van der Waals surface area contributed by atoms with E-state index in [9.17, 15) is 4.79 Å². The van der Waals surface area contributed by atoms with Crippen LogP contribution in [0.5, 0.6) is 11.5 Å². The molecule has 1 aliphatic carbocycles. The van der Waals surface area contributed by atoms with Crippen molar-refractivity contribution in [3.63, 3.8) is 0 Å². The lowest BCUT2D eigenvalue weighted by molar-refractivity contribution is 0.166. The largest absolute Gasteiger partial charge is 0.486 e. The fourth-order valence-corrected chi connectivity index (χ4v) is 2.49. The SMILES string of the molecule is COCc1cc2c(cc1C1(N=C=O)CC1)OCCO2. The predicted molar refractivity (Wildman–Crippen MR) is 67.2 cm³/mol. The molecule has 0 spiro atoms. The van der Waals surface area contributed by atoms with Crippen LogP contribution in [0.15, 0.2) is 17.1 Å². The van der Waals surface area contributed by atoms with E-state index in [-0.39, 0.29) is 0 Å². The maximum Gasteiger partial charge on any atom is 0.235 e. The third-order valence-corrected chi connectivity index (χ3v) is 3.55. The molecule has 1 aliphatic heterocycles. The first kappa shape index (κ1) is 12.2. The van der Waals surface area contributed by atoms with Gasteiger partial charge in [-0.15, -0.1) is 0 Å². The van der Waals surface area contributed by atoms with Crippen LogP contribution in [0.4, 0.5) is 0 Å². The summed E-state index contributed by atoms with van der Waals surface area (Å²) in [5.41, 5.74) is 1.55. The van der Waals surface area contributed by atoms with E-state index in [1.54, 1.807) is 13.2 Å². The molecule has 5 nitrogen and oxygen atoms in total. The first-order chi connectivity index (χ1) is 9.29. The van der Waals surface area contributed by atoms with Crippen molar-refractivity contribution < 1.29 is 19.0 Å². The van der Waals surface area contributed by atoms with Crippen molar-refractivity contribution in [1.29, 1.82) is 0 Å². The molecule has 0 amide bonds. The molecule has 0 N–H and O–H groups in total. The molecule has 1 saturated carbocycles. The number of aliphatic imine (C=N–C) groups is 1. The van der Waals surface area contributed by atoms with Crippen LogP contribution in [-0.4, -0.2) is 26.4 Å². The summed E-state index contributed by atoms with van der Waals surface area (Å²) in [7, 11) is 1.64. The number of benzene rings is 1. The highest BCUT2D eigenvalue weighted by atomic mass is 16.6. The second kappa shape index (κ2) is 4.68. The Bertz CT molecular complexity index is 545. The Morgan fingerprint density at radius 2 is 2.00 bits per heavy atom. The molecule has 0 bridgehead atoms. The fourth-order valence-electron chi connectivity index (χ4n) is 2.49. The summed E-state index contributed by atoms with van der Waals surface area (Å²) in [4.78, 5) is 14.6. The van der Waals surface area contributed by atoms with Crippen LogP contribution in [0.25, 0.3) is 0 Å². The molecule has 1 fully saturated rings. The van der Waals surface area contributed by atoms with Gasteiger partial charge in [0.05, 0.1) is 12.1 Å². The average Bonchev–Trinajstić information content (AvgIpc) is 3.19. The van der Waals surface area contributed by atoms with Crippen LogP contribution in [0.3, 0.4) is 0 Å². The monoisotopic (exact) mass is 261 g/mol. The quantitative estimate of drug-likeness (QED) is 0.614. The highest BCUT2D eigenvalue weighted by Crippen LogP contribution is 2.52. The Morgan fingerprint density at radius 1 is 1.32 bits per heavy atom. The third-order valence-electron chi connectivity index (χ3n) is 3.55. The zero-order chi connectivity index (χ0) is 13.3. The van der Waals surface area contributed by atoms with Gasteiger partial charge in [-0.25, -0.2) is 4.79 Å². The lowest BCUT2D eigenvalue weighted by Gasteiger charge is -2.22. The minimum absolute atomic E-state index is 0.425. The zero-order valence-electron chi connectivity index (χ0n) is 10.8. The number of methoxy groups -OCH3 is 1. The Kier molecular flexibility index (Phi) is 3.01. The molecular formula is C14H15NO4. The first-order valence-electron chi connectivity index (χ1n) is 6.30. The Morgan fingerprint density at radius 3 is 2.58 bits per heavy atom. The molecule has 0 aromatic heterocycles. The molecule has 1 aromatic rings. The van der Waals surface area contributed by atoms with Gasteiger partial charge in [-0.2, -0.15) is 4.99 Å². The molecule has 5 heteroatoms. The Balaban J connectivity index is 2.08. The number of fused-ring (bicyclic) bond motifs is 1. The maximum absolute atomic E-state index is 10.6. The van der Waals surface area contributed by atoms with Crippen molar-refractivity contribution in [1.82, 2.24) is 0 Å². The van der Waals surface area contributed by atoms with Gasteiger partial charge in [-0.05, 0) is 36.1 Å². The summed E-state index contributed by atoms with van der Waals surface area (Å²) in [5, 5.41) is 0. The molecule has 100 valence electrons. The van der Waals surface area contributed by atoms with Crippen molar-refractivity contribution in [2.75, 3.05) is 20.3 Å². The van der Waals surface area contributed by atoms with Gasteiger partial charge >= 0.3 is 0 Å². The molecule has 3 rings (SSSR count). The number of hydrogen-bond acceptors (Lipinski definition) is 5. The molecule has 0 unspecified atom stereocenters. The van der Waals surface area contributed by atoms with Crippen molar-refractivity contribution in [3.05, 3.63) is 23.3 Å². The van der Waals surface area contributed by atoms with Crippen LogP contribution >= 0.6 is 0 Å². The molecule has 0 radical (unpaired) electrons. The van der Waals surface area contributed by atoms with E-state index in [1.165, 1.54) is 0 Å². The minimum Gasteiger partial charge on any atom is -0.486 e. The van der Waals surface area contributed by atoms with Crippen molar-refractivity contribution in [2.24, 2.45) is 4.99 Å². The highest BCUT2D eigenvalue weighted by molar-refractivity contribution is 5.53. The lowest BCUT2D eigenvalue weighted by atomic mass is 9.98. The summed E-state index contributed by atoms with van der Waals surface area (Å²) >= 11 is 0. The molecule has 1 aromatic carbocycles. The lowest BCUT2D eigenvalue weighted by Crippen LogP contribution is -2.17. The first-order valence-corrected chi connectivity index (χ1v) is 6.30. The van der Waals surface area contributed by atoms with E-state index in [0.29, 0.717) is 25.6 Å². The van der Waals surface area contributed by atoms with Gasteiger partial charge in [0.25, 0.3) is 0 Å². The van der Waals surface area contributed by atoms with Crippen LogP contribution < -0.4 is 9.47 Å². The standard InChI is InChI=1S/C14H15NO4/c1-17-8-10-6-12-13(19-5-4-18-12)7-11(10)14(2-3-14)15-9-16/h6-7H,2-5,8H2,1H3. The van der Waals surface area contributed by atoms with Gasteiger partial charge < -0.3 is 14.2 Å². The normalized spacial score (nSPS) is 18.6. The van der Waals surface area contributed by atoms with Gasteiger partial charge in [0.1, 0.15) is 13.2 Å². The number of rotatable bonds is 4. The van der Waals surface area contributed by atoms with E-state index in [0.717, 1.165) is 29.7 Å². The van der Waals surface area contributed by atoms with Crippen LogP contribution in [-0.2, 0) is 21.7 Å². The smallest absolute Gasteiger partial charge is 0.235 e. The van der Waals surface area contributed by atoms with Crippen molar-refractivity contribution in [2.45, 2.75) is 25.0 Å². The summed E-state index contributed by atoms with van der Waals surface area (Å²) in [6.07, 6.45) is 3.40. The molecule has 1 heterocycles. The Hall–Kier alpha value is -1.84. The molecule has 2 aliphatic rings. The summed E-state index contributed by atoms with van der Waals surface area (Å²) < 4.78 is 16.4. The number of isocyanates is 1. The summed E-state index contributed by atoms with van der Waals surface area (Å²) in [5.74, 6) is 1.45. The van der Waals surface area contributed by atoms with E-state index in [4.69, 9.17) is 14.2 Å². The minimum atomic E-state index is -0.425. The van der Waals surface area contributed by atoms with Gasteiger partial charge in [-0.1, -0.05) is 0 Å².